The van der Waals surface area contributed by atoms with Crippen LogP contribution in [0.3, 0.4) is 0 Å². The lowest BCUT2D eigenvalue weighted by molar-refractivity contribution is -0.183. The van der Waals surface area contributed by atoms with Crippen molar-refractivity contribution in [2.75, 3.05) is 6.54 Å². The summed E-state index contributed by atoms with van der Waals surface area (Å²) in [4.78, 5) is 0. The number of rotatable bonds is 1. The highest BCUT2D eigenvalue weighted by Crippen LogP contribution is 2.34. The summed E-state index contributed by atoms with van der Waals surface area (Å²) < 4.78 is 36.7. The zero-order valence-electron chi connectivity index (χ0n) is 7.12. The average Bonchev–Trinajstić information content (AvgIpc) is 2.03. The van der Waals surface area contributed by atoms with Crippen molar-refractivity contribution in [2.24, 2.45) is 5.92 Å². The lowest BCUT2D eigenvalue weighted by atomic mass is 9.91. The second-order valence-electron chi connectivity index (χ2n) is 3.32. The standard InChI is InChI=1S/C8H14F3N/c1-2-7-5-6(3-4-12-7)8(9,10)11/h6-7,12H,2-5H2,1H3. The van der Waals surface area contributed by atoms with Crippen LogP contribution >= 0.6 is 0 Å². The molecule has 1 rings (SSSR count). The summed E-state index contributed by atoms with van der Waals surface area (Å²) >= 11 is 0. The average molecular weight is 181 g/mol. The predicted molar refractivity (Wildman–Crippen MR) is 40.9 cm³/mol. The zero-order chi connectivity index (χ0) is 9.19. The van der Waals surface area contributed by atoms with E-state index < -0.39 is 12.1 Å². The molecule has 0 aromatic carbocycles. The first-order chi connectivity index (χ1) is 5.54. The lowest BCUT2D eigenvalue weighted by Gasteiger charge is -2.30. The molecule has 1 heterocycles. The van der Waals surface area contributed by atoms with E-state index in [2.05, 4.69) is 5.32 Å². The molecule has 0 saturated carbocycles. The highest BCUT2D eigenvalue weighted by Gasteiger charge is 2.41. The van der Waals surface area contributed by atoms with Crippen molar-refractivity contribution in [2.45, 2.75) is 38.4 Å². The molecule has 1 aliphatic rings. The molecule has 0 aromatic heterocycles. The van der Waals surface area contributed by atoms with Gasteiger partial charge in [-0.15, -0.1) is 0 Å². The number of alkyl halides is 3. The highest BCUT2D eigenvalue weighted by atomic mass is 19.4. The Morgan fingerprint density at radius 1 is 1.42 bits per heavy atom. The van der Waals surface area contributed by atoms with Gasteiger partial charge in [-0.3, -0.25) is 0 Å². The fourth-order valence-corrected chi connectivity index (χ4v) is 1.61. The Labute approximate surface area is 70.3 Å². The predicted octanol–water partition coefficient (Wildman–Crippen LogP) is 2.33. The second-order valence-corrected chi connectivity index (χ2v) is 3.32. The first kappa shape index (κ1) is 9.84. The van der Waals surface area contributed by atoms with E-state index in [1.807, 2.05) is 6.92 Å². The van der Waals surface area contributed by atoms with Gasteiger partial charge in [-0.25, -0.2) is 0 Å². The molecule has 0 aromatic rings. The first-order valence-electron chi connectivity index (χ1n) is 4.34. The van der Waals surface area contributed by atoms with E-state index >= 15 is 0 Å². The molecule has 1 N–H and O–H groups in total. The normalized spacial score (nSPS) is 32.0. The summed E-state index contributed by atoms with van der Waals surface area (Å²) in [6.45, 7) is 2.42. The van der Waals surface area contributed by atoms with E-state index in [4.69, 9.17) is 0 Å². The molecule has 0 aliphatic carbocycles. The molecular formula is C8H14F3N. The third-order valence-corrected chi connectivity index (χ3v) is 2.45. The summed E-state index contributed by atoms with van der Waals surface area (Å²) in [6, 6.07) is 0.0605. The van der Waals surface area contributed by atoms with E-state index in [9.17, 15) is 13.2 Å². The molecule has 72 valence electrons. The van der Waals surface area contributed by atoms with Gasteiger partial charge in [0.05, 0.1) is 5.92 Å². The van der Waals surface area contributed by atoms with Gasteiger partial charge in [0.25, 0.3) is 0 Å². The Bertz CT molecular complexity index is 144. The molecular weight excluding hydrogens is 167 g/mol. The van der Waals surface area contributed by atoms with Gasteiger partial charge in [-0.1, -0.05) is 6.92 Å². The highest BCUT2D eigenvalue weighted by molar-refractivity contribution is 4.81. The van der Waals surface area contributed by atoms with Crippen LogP contribution in [0, 0.1) is 5.92 Å². The SMILES string of the molecule is CCC1CC(C(F)(F)F)CCN1. The van der Waals surface area contributed by atoms with Gasteiger partial charge in [0.2, 0.25) is 0 Å². The van der Waals surface area contributed by atoms with Crippen LogP contribution in [-0.2, 0) is 0 Å². The van der Waals surface area contributed by atoms with Gasteiger partial charge in [0.15, 0.2) is 0 Å². The molecule has 1 saturated heterocycles. The fraction of sp³-hybridized carbons (Fsp3) is 1.00. The van der Waals surface area contributed by atoms with Crippen LogP contribution in [0.2, 0.25) is 0 Å². The molecule has 0 radical (unpaired) electrons. The smallest absolute Gasteiger partial charge is 0.314 e. The van der Waals surface area contributed by atoms with E-state index in [1.54, 1.807) is 0 Å². The van der Waals surface area contributed by atoms with Crippen LogP contribution < -0.4 is 5.32 Å². The molecule has 0 amide bonds. The van der Waals surface area contributed by atoms with E-state index in [-0.39, 0.29) is 18.9 Å². The number of nitrogens with one attached hydrogen (secondary N) is 1. The largest absolute Gasteiger partial charge is 0.391 e. The number of hydrogen-bond acceptors (Lipinski definition) is 1. The van der Waals surface area contributed by atoms with E-state index in [0.29, 0.717) is 6.54 Å². The molecule has 0 bridgehead atoms. The molecule has 1 fully saturated rings. The Kier molecular flexibility index (Phi) is 2.99. The van der Waals surface area contributed by atoms with Gasteiger partial charge < -0.3 is 5.32 Å². The summed E-state index contributed by atoms with van der Waals surface area (Å²) in [6.07, 6.45) is -2.72. The van der Waals surface area contributed by atoms with Crippen LogP contribution in [0.15, 0.2) is 0 Å². The van der Waals surface area contributed by atoms with Crippen LogP contribution in [-0.4, -0.2) is 18.8 Å². The van der Waals surface area contributed by atoms with Crippen molar-refractivity contribution < 1.29 is 13.2 Å². The van der Waals surface area contributed by atoms with Crippen LogP contribution in [0.4, 0.5) is 13.2 Å². The van der Waals surface area contributed by atoms with Crippen LogP contribution in [0.5, 0.6) is 0 Å². The van der Waals surface area contributed by atoms with Gasteiger partial charge in [0, 0.05) is 6.04 Å². The third kappa shape index (κ3) is 2.37. The van der Waals surface area contributed by atoms with E-state index in [0.717, 1.165) is 6.42 Å². The van der Waals surface area contributed by atoms with Crippen molar-refractivity contribution in [1.82, 2.24) is 5.32 Å². The van der Waals surface area contributed by atoms with Gasteiger partial charge in [-0.05, 0) is 25.8 Å². The fourth-order valence-electron chi connectivity index (χ4n) is 1.61. The number of halogens is 3. The summed E-state index contributed by atoms with van der Waals surface area (Å²) in [5.41, 5.74) is 0. The molecule has 0 spiro atoms. The van der Waals surface area contributed by atoms with Gasteiger partial charge in [0.1, 0.15) is 0 Å². The minimum absolute atomic E-state index is 0.0605. The van der Waals surface area contributed by atoms with Crippen LogP contribution in [0.1, 0.15) is 26.2 Å². The number of hydrogen-bond donors (Lipinski definition) is 1. The van der Waals surface area contributed by atoms with Crippen LogP contribution in [0.25, 0.3) is 0 Å². The maximum absolute atomic E-state index is 12.2. The van der Waals surface area contributed by atoms with E-state index in [1.165, 1.54) is 0 Å². The molecule has 2 unspecified atom stereocenters. The zero-order valence-corrected chi connectivity index (χ0v) is 7.12. The Morgan fingerprint density at radius 3 is 2.58 bits per heavy atom. The minimum atomic E-state index is -3.99. The minimum Gasteiger partial charge on any atom is -0.314 e. The number of piperidine rings is 1. The summed E-state index contributed by atoms with van der Waals surface area (Å²) in [5.74, 6) is -1.08. The molecule has 12 heavy (non-hydrogen) atoms. The lowest BCUT2D eigenvalue weighted by Crippen LogP contribution is -2.42. The van der Waals surface area contributed by atoms with Crippen molar-refractivity contribution in [3.8, 4) is 0 Å². The van der Waals surface area contributed by atoms with Crippen molar-refractivity contribution in [1.29, 1.82) is 0 Å². The Hall–Kier alpha value is -0.250. The molecule has 4 heteroatoms. The van der Waals surface area contributed by atoms with Gasteiger partial charge >= 0.3 is 6.18 Å². The van der Waals surface area contributed by atoms with Crippen molar-refractivity contribution >= 4 is 0 Å². The van der Waals surface area contributed by atoms with Gasteiger partial charge in [-0.2, -0.15) is 13.2 Å². The Morgan fingerprint density at radius 2 is 2.08 bits per heavy atom. The molecule has 2 atom stereocenters. The summed E-state index contributed by atoms with van der Waals surface area (Å²) in [5, 5.41) is 3.07. The molecule has 1 aliphatic heterocycles. The Balaban J connectivity index is 2.46. The summed E-state index contributed by atoms with van der Waals surface area (Å²) in [7, 11) is 0. The maximum Gasteiger partial charge on any atom is 0.391 e. The third-order valence-electron chi connectivity index (χ3n) is 2.45. The maximum atomic E-state index is 12.2. The van der Waals surface area contributed by atoms with Crippen molar-refractivity contribution in [3.05, 3.63) is 0 Å². The second kappa shape index (κ2) is 3.64. The van der Waals surface area contributed by atoms with Crippen molar-refractivity contribution in [3.63, 3.8) is 0 Å². The first-order valence-corrected chi connectivity index (χ1v) is 4.34. The molecule has 1 nitrogen and oxygen atoms in total. The quantitative estimate of drug-likeness (QED) is 0.654. The topological polar surface area (TPSA) is 12.0 Å². The monoisotopic (exact) mass is 181 g/mol.